The molecule has 0 spiro atoms. The normalized spacial score (nSPS) is 19.1. The molecular weight excluding hydrogens is 322 g/mol. The molecule has 1 fully saturated rings. The summed E-state index contributed by atoms with van der Waals surface area (Å²) in [6, 6.07) is 0. The third-order valence-corrected chi connectivity index (χ3v) is 4.52. The van der Waals surface area contributed by atoms with Crippen LogP contribution in [0.15, 0.2) is 17.6 Å². The maximum absolute atomic E-state index is 12.1. The van der Waals surface area contributed by atoms with Gasteiger partial charge < -0.3 is 9.64 Å². The summed E-state index contributed by atoms with van der Waals surface area (Å²) in [4.78, 5) is 22.3. The van der Waals surface area contributed by atoms with Crippen LogP contribution in [0.1, 0.15) is 33.6 Å². The Bertz CT molecular complexity index is 505. The van der Waals surface area contributed by atoms with Crippen molar-refractivity contribution in [2.45, 2.75) is 44.4 Å². The van der Waals surface area contributed by atoms with E-state index in [0.717, 1.165) is 36.8 Å². The van der Waals surface area contributed by atoms with Gasteiger partial charge in [0.25, 0.3) is 0 Å². The molecule has 122 valence electrons. The summed E-state index contributed by atoms with van der Waals surface area (Å²) in [5, 5.41) is 1.26. The number of rotatable bonds is 3. The standard InChI is InChI=1S/C15H22ClN3O2S/c1-15(2,3)21-14(20)19-6-4-5-11(9-19)10-22-13-17-7-12(16)8-18-13/h7-8,11H,4-6,9-10H2,1-3H3/t11-/m1/s1. The zero-order valence-corrected chi connectivity index (χ0v) is 14.8. The van der Waals surface area contributed by atoms with E-state index in [4.69, 9.17) is 16.3 Å². The Hall–Kier alpha value is -1.01. The second kappa shape index (κ2) is 7.51. The number of piperidine rings is 1. The van der Waals surface area contributed by atoms with Gasteiger partial charge in [-0.05, 0) is 39.5 Å². The first-order valence-electron chi connectivity index (χ1n) is 7.42. The average molecular weight is 344 g/mol. The summed E-state index contributed by atoms with van der Waals surface area (Å²) < 4.78 is 5.44. The molecule has 1 aromatic heterocycles. The first-order valence-corrected chi connectivity index (χ1v) is 8.78. The van der Waals surface area contributed by atoms with Crippen LogP contribution in [0.4, 0.5) is 4.79 Å². The number of thioether (sulfide) groups is 1. The lowest BCUT2D eigenvalue weighted by molar-refractivity contribution is 0.0177. The Morgan fingerprint density at radius 1 is 1.45 bits per heavy atom. The molecule has 1 aromatic rings. The summed E-state index contributed by atoms with van der Waals surface area (Å²) >= 11 is 7.38. The molecule has 0 radical (unpaired) electrons. The van der Waals surface area contributed by atoms with E-state index < -0.39 is 5.60 Å². The number of halogens is 1. The van der Waals surface area contributed by atoms with E-state index in [9.17, 15) is 4.79 Å². The molecule has 22 heavy (non-hydrogen) atoms. The minimum absolute atomic E-state index is 0.218. The van der Waals surface area contributed by atoms with Crippen LogP contribution >= 0.6 is 23.4 Å². The van der Waals surface area contributed by atoms with Gasteiger partial charge in [0.2, 0.25) is 0 Å². The van der Waals surface area contributed by atoms with Crippen molar-refractivity contribution in [3.05, 3.63) is 17.4 Å². The summed E-state index contributed by atoms with van der Waals surface area (Å²) in [7, 11) is 0. The van der Waals surface area contributed by atoms with E-state index in [-0.39, 0.29) is 6.09 Å². The third kappa shape index (κ3) is 5.65. The smallest absolute Gasteiger partial charge is 0.410 e. The molecule has 0 N–H and O–H groups in total. The zero-order valence-electron chi connectivity index (χ0n) is 13.2. The van der Waals surface area contributed by atoms with Crippen LogP contribution in [-0.4, -0.2) is 45.4 Å². The van der Waals surface area contributed by atoms with Gasteiger partial charge >= 0.3 is 6.09 Å². The van der Waals surface area contributed by atoms with Crippen LogP contribution in [0.2, 0.25) is 5.02 Å². The summed E-state index contributed by atoms with van der Waals surface area (Å²) in [6.07, 6.45) is 5.10. The van der Waals surface area contributed by atoms with Gasteiger partial charge in [0.15, 0.2) is 5.16 Å². The van der Waals surface area contributed by atoms with Crippen molar-refractivity contribution in [3.8, 4) is 0 Å². The van der Waals surface area contributed by atoms with E-state index in [1.54, 1.807) is 24.2 Å². The minimum Gasteiger partial charge on any atom is -0.444 e. The van der Waals surface area contributed by atoms with Crippen LogP contribution in [0, 0.1) is 5.92 Å². The van der Waals surface area contributed by atoms with Crippen LogP contribution in [0.3, 0.4) is 0 Å². The Morgan fingerprint density at radius 3 is 2.77 bits per heavy atom. The molecule has 1 amide bonds. The molecule has 0 unspecified atom stereocenters. The highest BCUT2D eigenvalue weighted by atomic mass is 35.5. The highest BCUT2D eigenvalue weighted by Gasteiger charge is 2.27. The topological polar surface area (TPSA) is 55.3 Å². The highest BCUT2D eigenvalue weighted by molar-refractivity contribution is 7.99. The third-order valence-electron chi connectivity index (χ3n) is 3.22. The number of nitrogens with zero attached hydrogens (tertiary/aromatic N) is 3. The van der Waals surface area contributed by atoms with E-state index in [2.05, 4.69) is 9.97 Å². The van der Waals surface area contributed by atoms with Gasteiger partial charge in [0, 0.05) is 18.8 Å². The van der Waals surface area contributed by atoms with E-state index in [1.807, 2.05) is 25.7 Å². The Kier molecular flexibility index (Phi) is 5.92. The van der Waals surface area contributed by atoms with Crippen molar-refractivity contribution in [1.82, 2.24) is 14.9 Å². The van der Waals surface area contributed by atoms with Crippen molar-refractivity contribution >= 4 is 29.5 Å². The van der Waals surface area contributed by atoms with Crippen molar-refractivity contribution in [1.29, 1.82) is 0 Å². The Labute approximate surface area is 140 Å². The van der Waals surface area contributed by atoms with Crippen LogP contribution in [0.5, 0.6) is 0 Å². The van der Waals surface area contributed by atoms with Crippen LogP contribution < -0.4 is 0 Å². The molecule has 1 aliphatic rings. The largest absolute Gasteiger partial charge is 0.444 e. The SMILES string of the molecule is CC(C)(C)OC(=O)N1CCC[C@@H](CSc2ncc(Cl)cn2)C1. The molecule has 5 nitrogen and oxygen atoms in total. The molecule has 2 heterocycles. The number of carbonyl (C=O) groups excluding carboxylic acids is 1. The molecule has 0 bridgehead atoms. The number of amides is 1. The van der Waals surface area contributed by atoms with Crippen LogP contribution in [0.25, 0.3) is 0 Å². The Balaban J connectivity index is 1.82. The maximum atomic E-state index is 12.1. The van der Waals surface area contributed by atoms with E-state index in [1.165, 1.54) is 0 Å². The molecule has 0 saturated carbocycles. The van der Waals surface area contributed by atoms with Gasteiger partial charge in [0.1, 0.15) is 5.60 Å². The fourth-order valence-electron chi connectivity index (χ4n) is 2.26. The first kappa shape index (κ1) is 17.3. The lowest BCUT2D eigenvalue weighted by Crippen LogP contribution is -2.43. The zero-order chi connectivity index (χ0) is 16.2. The number of hydrogen-bond donors (Lipinski definition) is 0. The lowest BCUT2D eigenvalue weighted by Gasteiger charge is -2.33. The van der Waals surface area contributed by atoms with Crippen LogP contribution in [-0.2, 0) is 4.74 Å². The summed E-state index contributed by atoms with van der Waals surface area (Å²) in [5.74, 6) is 1.33. The predicted octanol–water partition coefficient (Wildman–Crippen LogP) is 3.87. The molecule has 1 atom stereocenters. The van der Waals surface area contributed by atoms with Crippen molar-refractivity contribution in [3.63, 3.8) is 0 Å². The molecule has 0 aliphatic carbocycles. The summed E-state index contributed by atoms with van der Waals surface area (Å²) in [6.45, 7) is 7.17. The minimum atomic E-state index is -0.448. The summed E-state index contributed by atoms with van der Waals surface area (Å²) in [5.41, 5.74) is -0.448. The van der Waals surface area contributed by atoms with Crippen molar-refractivity contribution in [2.75, 3.05) is 18.8 Å². The maximum Gasteiger partial charge on any atom is 0.410 e. The molecule has 0 aromatic carbocycles. The van der Waals surface area contributed by atoms with Gasteiger partial charge in [-0.2, -0.15) is 0 Å². The number of carbonyl (C=O) groups is 1. The average Bonchev–Trinajstić information content (AvgIpc) is 2.45. The molecule has 1 saturated heterocycles. The number of aromatic nitrogens is 2. The number of ether oxygens (including phenoxy) is 1. The van der Waals surface area contributed by atoms with Crippen molar-refractivity contribution in [2.24, 2.45) is 5.92 Å². The first-order chi connectivity index (χ1) is 10.3. The number of hydrogen-bond acceptors (Lipinski definition) is 5. The molecule has 1 aliphatic heterocycles. The van der Waals surface area contributed by atoms with E-state index >= 15 is 0 Å². The Morgan fingerprint density at radius 2 is 2.14 bits per heavy atom. The molecular formula is C15H22ClN3O2S. The molecule has 7 heteroatoms. The fraction of sp³-hybridized carbons (Fsp3) is 0.667. The molecule has 2 rings (SSSR count). The van der Waals surface area contributed by atoms with Crippen molar-refractivity contribution < 1.29 is 9.53 Å². The second-order valence-corrected chi connectivity index (χ2v) is 7.85. The van der Waals surface area contributed by atoms with Gasteiger partial charge in [0.05, 0.1) is 17.4 Å². The number of likely N-dealkylation sites (tertiary alicyclic amines) is 1. The van der Waals surface area contributed by atoms with Gasteiger partial charge in [-0.15, -0.1) is 0 Å². The second-order valence-electron chi connectivity index (χ2n) is 6.43. The van der Waals surface area contributed by atoms with Gasteiger partial charge in [-0.1, -0.05) is 23.4 Å². The fourth-order valence-corrected chi connectivity index (χ4v) is 3.27. The van der Waals surface area contributed by atoms with Gasteiger partial charge in [-0.3, -0.25) is 0 Å². The predicted molar refractivity (Wildman–Crippen MR) is 88.3 cm³/mol. The van der Waals surface area contributed by atoms with E-state index in [0.29, 0.717) is 10.9 Å². The lowest BCUT2D eigenvalue weighted by atomic mass is 10.0. The monoisotopic (exact) mass is 343 g/mol. The highest BCUT2D eigenvalue weighted by Crippen LogP contribution is 2.25. The van der Waals surface area contributed by atoms with Gasteiger partial charge in [-0.25, -0.2) is 14.8 Å². The quantitative estimate of drug-likeness (QED) is 0.616.